The number of hydrogen-bond donors (Lipinski definition) is 4. The molecule has 1 heterocycles. The van der Waals surface area contributed by atoms with Gasteiger partial charge in [-0.3, -0.25) is 14.6 Å². The van der Waals surface area contributed by atoms with Gasteiger partial charge in [-0.1, -0.05) is 36.1 Å². The zero-order valence-electron chi connectivity index (χ0n) is 26.1. The van der Waals surface area contributed by atoms with Crippen molar-refractivity contribution in [2.24, 2.45) is 5.73 Å². The number of carbonyl (C=O) groups excluding carboxylic acids is 2. The van der Waals surface area contributed by atoms with Crippen LogP contribution in [0.5, 0.6) is 5.75 Å². The third kappa shape index (κ3) is 7.52. The molecule has 0 bridgehead atoms. The van der Waals surface area contributed by atoms with Crippen LogP contribution in [0, 0.1) is 25.7 Å². The van der Waals surface area contributed by atoms with E-state index in [1.165, 1.54) is 6.20 Å². The highest BCUT2D eigenvalue weighted by Gasteiger charge is 2.17. The number of fused-ring (bicyclic) bond motifs is 1. The molecule has 0 radical (unpaired) electrons. The minimum absolute atomic E-state index is 0.125. The van der Waals surface area contributed by atoms with Crippen molar-refractivity contribution in [3.05, 3.63) is 124 Å². The lowest BCUT2D eigenvalue weighted by Gasteiger charge is -2.16. The van der Waals surface area contributed by atoms with Crippen LogP contribution in [0.1, 0.15) is 61.4 Å². The first-order chi connectivity index (χ1) is 22.2. The highest BCUT2D eigenvalue weighted by molar-refractivity contribution is 6.08. The molecule has 0 aliphatic heterocycles. The molecule has 0 atom stereocenters. The molecule has 0 saturated heterocycles. The average Bonchev–Trinajstić information content (AvgIpc) is 3.04. The number of ether oxygens (including phenoxy) is 1. The van der Waals surface area contributed by atoms with Gasteiger partial charge in [0.25, 0.3) is 11.8 Å². The summed E-state index contributed by atoms with van der Waals surface area (Å²) < 4.78 is 5.37. The number of primary amides is 1. The number of aromatic nitrogens is 1. The van der Waals surface area contributed by atoms with Gasteiger partial charge in [0.2, 0.25) is 0 Å². The molecule has 5 N–H and O–H groups in total. The van der Waals surface area contributed by atoms with Gasteiger partial charge in [-0.2, -0.15) is 0 Å². The number of nitrogens with zero attached hydrogens (tertiary/aromatic N) is 1. The van der Waals surface area contributed by atoms with Gasteiger partial charge >= 0.3 is 0 Å². The molecule has 4 aromatic carbocycles. The molecule has 8 nitrogen and oxygen atoms in total. The van der Waals surface area contributed by atoms with Gasteiger partial charge in [0, 0.05) is 53.2 Å². The molecule has 232 valence electrons. The first-order valence-corrected chi connectivity index (χ1v) is 15.0. The van der Waals surface area contributed by atoms with Gasteiger partial charge in [-0.05, 0) is 97.5 Å². The highest BCUT2D eigenvalue weighted by Crippen LogP contribution is 2.33. The fourth-order valence-electron chi connectivity index (χ4n) is 5.29. The number of rotatable bonds is 10. The van der Waals surface area contributed by atoms with Crippen molar-refractivity contribution in [1.29, 1.82) is 0 Å². The topological polar surface area (TPSA) is 127 Å². The number of anilines is 3. The summed E-state index contributed by atoms with van der Waals surface area (Å²) >= 11 is 0. The van der Waals surface area contributed by atoms with Crippen LogP contribution in [0.4, 0.5) is 17.1 Å². The molecule has 0 unspecified atom stereocenters. The second-order valence-electron chi connectivity index (χ2n) is 11.1. The van der Waals surface area contributed by atoms with Crippen LogP contribution >= 0.6 is 0 Å². The van der Waals surface area contributed by atoms with Crippen LogP contribution in [0.15, 0.2) is 85.1 Å². The summed E-state index contributed by atoms with van der Waals surface area (Å²) in [7, 11) is 1.60. The molecule has 0 spiro atoms. The van der Waals surface area contributed by atoms with Crippen molar-refractivity contribution in [3.63, 3.8) is 0 Å². The molecule has 8 heteroatoms. The molecule has 5 rings (SSSR count). The maximum absolute atomic E-state index is 13.2. The third-order valence-electron chi connectivity index (χ3n) is 7.59. The lowest BCUT2D eigenvalue weighted by atomic mass is 9.97. The Morgan fingerprint density at radius 1 is 0.935 bits per heavy atom. The summed E-state index contributed by atoms with van der Waals surface area (Å²) in [4.78, 5) is 30.2. The number of aryl methyl sites for hydroxylation is 2. The van der Waals surface area contributed by atoms with E-state index >= 15 is 0 Å². The number of pyridine rings is 1. The number of hydrogen-bond acceptors (Lipinski definition) is 6. The largest absolute Gasteiger partial charge is 0.497 e. The van der Waals surface area contributed by atoms with E-state index in [4.69, 9.17) is 15.6 Å². The van der Waals surface area contributed by atoms with Crippen LogP contribution in [0.2, 0.25) is 0 Å². The Morgan fingerprint density at radius 2 is 1.76 bits per heavy atom. The van der Waals surface area contributed by atoms with Crippen molar-refractivity contribution in [1.82, 2.24) is 4.98 Å². The monoisotopic (exact) mass is 612 g/mol. The Labute approximate surface area is 268 Å². The number of methoxy groups -OCH3 is 1. The summed E-state index contributed by atoms with van der Waals surface area (Å²) in [6.07, 6.45) is 3.34. The van der Waals surface area contributed by atoms with Crippen LogP contribution in [0.25, 0.3) is 10.9 Å². The fraction of sp³-hybridized carbons (Fsp3) is 0.184. The van der Waals surface area contributed by atoms with Crippen LogP contribution in [-0.2, 0) is 6.42 Å². The first kappa shape index (κ1) is 31.8. The Balaban J connectivity index is 1.40. The van der Waals surface area contributed by atoms with E-state index in [-0.39, 0.29) is 18.1 Å². The minimum atomic E-state index is -0.586. The van der Waals surface area contributed by atoms with Crippen molar-refractivity contribution >= 4 is 39.8 Å². The molecular weight excluding hydrogens is 576 g/mol. The van der Waals surface area contributed by atoms with E-state index in [1.54, 1.807) is 13.2 Å². The van der Waals surface area contributed by atoms with Gasteiger partial charge in [0.1, 0.15) is 5.75 Å². The smallest absolute Gasteiger partial charge is 0.255 e. The third-order valence-corrected chi connectivity index (χ3v) is 7.59. The minimum Gasteiger partial charge on any atom is -0.497 e. The molecule has 0 aliphatic rings. The van der Waals surface area contributed by atoms with E-state index in [0.717, 1.165) is 44.4 Å². The van der Waals surface area contributed by atoms with E-state index in [0.29, 0.717) is 42.0 Å². The zero-order chi connectivity index (χ0) is 32.6. The number of unbranched alkanes of at least 4 members (excludes halogenated alkanes) is 1. The number of nitrogens with two attached hydrogens (primary N) is 1. The number of nitrogens with one attached hydrogen (secondary N) is 2. The second-order valence-corrected chi connectivity index (χ2v) is 11.1. The number of aliphatic hydroxyl groups excluding tert-OH is 1. The average molecular weight is 613 g/mol. The maximum atomic E-state index is 13.2. The number of benzene rings is 4. The van der Waals surface area contributed by atoms with Gasteiger partial charge in [-0.15, -0.1) is 0 Å². The second kappa shape index (κ2) is 14.4. The summed E-state index contributed by atoms with van der Waals surface area (Å²) in [6, 6.07) is 24.7. The maximum Gasteiger partial charge on any atom is 0.255 e. The normalized spacial score (nSPS) is 10.6. The van der Waals surface area contributed by atoms with E-state index < -0.39 is 5.91 Å². The molecule has 2 amide bonds. The SMILES string of the molecule is COc1cccc(Nc2c(C(N)=O)cnc3c(C)cc(Cc4cccc(C(=O)Nc5ccc(C#CCCCO)c(C)c5)c4)cc23)c1. The van der Waals surface area contributed by atoms with Gasteiger partial charge in [0.05, 0.1) is 23.9 Å². The van der Waals surface area contributed by atoms with Crippen molar-refractivity contribution in [2.45, 2.75) is 33.1 Å². The van der Waals surface area contributed by atoms with Gasteiger partial charge in [-0.25, -0.2) is 0 Å². The summed E-state index contributed by atoms with van der Waals surface area (Å²) in [5.74, 6) is 6.07. The predicted molar refractivity (Wildman–Crippen MR) is 183 cm³/mol. The highest BCUT2D eigenvalue weighted by atomic mass is 16.5. The number of amides is 2. The molecule has 0 aliphatic carbocycles. The summed E-state index contributed by atoms with van der Waals surface area (Å²) in [6.45, 7) is 4.06. The first-order valence-electron chi connectivity index (χ1n) is 15.0. The fourth-order valence-corrected chi connectivity index (χ4v) is 5.29. The van der Waals surface area contributed by atoms with Crippen LogP contribution in [0.3, 0.4) is 0 Å². The predicted octanol–water partition coefficient (Wildman–Crippen LogP) is 6.67. The lowest BCUT2D eigenvalue weighted by molar-refractivity contribution is 0.0998. The quantitative estimate of drug-likeness (QED) is 0.103. The zero-order valence-corrected chi connectivity index (χ0v) is 26.1. The Hall–Kier alpha value is -5.65. The Morgan fingerprint density at radius 3 is 2.52 bits per heavy atom. The summed E-state index contributed by atoms with van der Waals surface area (Å²) in [5, 5.41) is 16.1. The van der Waals surface area contributed by atoms with E-state index in [2.05, 4.69) is 33.5 Å². The van der Waals surface area contributed by atoms with Crippen molar-refractivity contribution in [3.8, 4) is 17.6 Å². The Kier molecular flexibility index (Phi) is 9.96. The number of carbonyl (C=O) groups is 2. The van der Waals surface area contributed by atoms with E-state index in [1.807, 2.05) is 80.6 Å². The molecule has 5 aromatic rings. The van der Waals surface area contributed by atoms with Crippen LogP contribution in [-0.4, -0.2) is 35.6 Å². The van der Waals surface area contributed by atoms with Crippen molar-refractivity contribution < 1.29 is 19.4 Å². The standard InChI is InChI=1S/C38H36N4O4/c1-24-18-31(15-14-28(24)10-5-4-6-16-43)42-38(45)29-11-7-9-26(20-29)19-27-17-25(2)35-33(21-27)36(34(23-40-35)37(39)44)41-30-12-8-13-32(22-30)46-3/h7-9,11-15,17-18,20-23,43H,4,6,16,19H2,1-3H3,(H2,39,44)(H,40,41)(H,42,45). The molecule has 1 aromatic heterocycles. The molecule has 0 fully saturated rings. The summed E-state index contributed by atoms with van der Waals surface area (Å²) in [5.41, 5.74) is 14.1. The van der Waals surface area contributed by atoms with Crippen LogP contribution < -0.4 is 21.1 Å². The Bertz CT molecular complexity index is 1990. The van der Waals surface area contributed by atoms with E-state index in [9.17, 15) is 9.59 Å². The number of aliphatic hydroxyl groups is 1. The lowest BCUT2D eigenvalue weighted by Crippen LogP contribution is -2.14. The molecule has 0 saturated carbocycles. The molecule has 46 heavy (non-hydrogen) atoms. The van der Waals surface area contributed by atoms with Gasteiger partial charge in [0.15, 0.2) is 0 Å². The van der Waals surface area contributed by atoms with Crippen molar-refractivity contribution in [2.75, 3.05) is 24.4 Å². The van der Waals surface area contributed by atoms with Gasteiger partial charge < -0.3 is 26.2 Å². The molecular formula is C38H36N4O4.